The topological polar surface area (TPSA) is 109 Å². The average Bonchev–Trinajstić information content (AvgIpc) is 2.25. The molecule has 0 heterocycles. The van der Waals surface area contributed by atoms with Crippen LogP contribution in [0.1, 0.15) is 22.3 Å². The van der Waals surface area contributed by atoms with E-state index in [1.54, 1.807) is 6.92 Å². The predicted molar refractivity (Wildman–Crippen MR) is 63.8 cm³/mol. The Morgan fingerprint density at radius 3 is 2.47 bits per heavy atom. The lowest BCUT2D eigenvalue weighted by Crippen LogP contribution is -2.43. The summed E-state index contributed by atoms with van der Waals surface area (Å²) in [6, 6.07) is 2.18. The molecule has 7 heteroatoms. The smallest absolute Gasteiger partial charge is 0.326 e. The van der Waals surface area contributed by atoms with Crippen LogP contribution in [-0.2, 0) is 9.59 Å². The third-order valence-electron chi connectivity index (χ3n) is 2.31. The molecule has 0 saturated heterocycles. The molecule has 0 radical (unpaired) electrons. The molecule has 19 heavy (non-hydrogen) atoms. The van der Waals surface area contributed by atoms with Crippen molar-refractivity contribution in [2.45, 2.75) is 19.4 Å². The fourth-order valence-corrected chi connectivity index (χ4v) is 1.51. The van der Waals surface area contributed by atoms with E-state index in [-0.39, 0.29) is 5.56 Å². The molecule has 0 spiro atoms. The van der Waals surface area contributed by atoms with E-state index in [9.17, 15) is 18.8 Å². The van der Waals surface area contributed by atoms with Gasteiger partial charge >= 0.3 is 5.97 Å². The number of aryl methyl sites for hydroxylation is 1. The Hall–Kier alpha value is -2.44. The molecule has 1 unspecified atom stereocenters. The first-order valence-electron chi connectivity index (χ1n) is 5.38. The number of carbonyl (C=O) groups is 3. The summed E-state index contributed by atoms with van der Waals surface area (Å²) in [6.07, 6.45) is -0.532. The summed E-state index contributed by atoms with van der Waals surface area (Å²) in [4.78, 5) is 33.3. The highest BCUT2D eigenvalue weighted by Crippen LogP contribution is 2.09. The second kappa shape index (κ2) is 5.94. The molecule has 1 rings (SSSR count). The third kappa shape index (κ3) is 4.38. The van der Waals surface area contributed by atoms with Gasteiger partial charge in [0.15, 0.2) is 0 Å². The first-order chi connectivity index (χ1) is 8.79. The van der Waals surface area contributed by atoms with Crippen molar-refractivity contribution in [3.05, 3.63) is 35.1 Å². The second-order valence-corrected chi connectivity index (χ2v) is 4.05. The minimum Gasteiger partial charge on any atom is -0.480 e. The zero-order valence-corrected chi connectivity index (χ0v) is 10.1. The van der Waals surface area contributed by atoms with Crippen LogP contribution in [0.25, 0.3) is 0 Å². The van der Waals surface area contributed by atoms with Gasteiger partial charge in [-0.05, 0) is 30.7 Å². The van der Waals surface area contributed by atoms with Crippen molar-refractivity contribution in [1.29, 1.82) is 0 Å². The summed E-state index contributed by atoms with van der Waals surface area (Å²) in [5.41, 5.74) is 5.38. The molecule has 1 atom stereocenters. The quantitative estimate of drug-likeness (QED) is 0.708. The summed E-state index contributed by atoms with van der Waals surface area (Å²) in [5.74, 6) is -3.63. The SMILES string of the molecule is Cc1cc(F)cc(C(=O)NC(CC(N)=O)C(=O)O)c1. The first-order valence-corrected chi connectivity index (χ1v) is 5.38. The summed E-state index contributed by atoms with van der Waals surface area (Å²) in [7, 11) is 0. The van der Waals surface area contributed by atoms with Gasteiger partial charge in [-0.15, -0.1) is 0 Å². The van der Waals surface area contributed by atoms with E-state index in [1.165, 1.54) is 12.1 Å². The van der Waals surface area contributed by atoms with E-state index in [1.807, 2.05) is 0 Å². The minimum atomic E-state index is -1.44. The van der Waals surface area contributed by atoms with Gasteiger partial charge < -0.3 is 16.2 Å². The highest BCUT2D eigenvalue weighted by atomic mass is 19.1. The number of nitrogens with two attached hydrogens (primary N) is 1. The Morgan fingerprint density at radius 2 is 2.00 bits per heavy atom. The van der Waals surface area contributed by atoms with Crippen LogP contribution in [0.2, 0.25) is 0 Å². The van der Waals surface area contributed by atoms with Crippen LogP contribution in [0.5, 0.6) is 0 Å². The van der Waals surface area contributed by atoms with E-state index in [0.29, 0.717) is 5.56 Å². The number of carboxylic acids is 1. The number of benzene rings is 1. The fraction of sp³-hybridized carbons (Fsp3) is 0.250. The van der Waals surface area contributed by atoms with Gasteiger partial charge in [0.05, 0.1) is 6.42 Å². The van der Waals surface area contributed by atoms with Crippen LogP contribution in [0.4, 0.5) is 4.39 Å². The molecule has 0 aliphatic rings. The number of primary amides is 1. The number of amides is 2. The molecule has 2 amide bonds. The molecule has 0 bridgehead atoms. The van der Waals surface area contributed by atoms with Gasteiger partial charge in [-0.2, -0.15) is 0 Å². The summed E-state index contributed by atoms with van der Waals surface area (Å²) in [5, 5.41) is 10.9. The molecule has 4 N–H and O–H groups in total. The number of carboxylic acid groups (broad SMARTS) is 1. The van der Waals surface area contributed by atoms with Gasteiger partial charge in [0.25, 0.3) is 5.91 Å². The highest BCUT2D eigenvalue weighted by molar-refractivity contribution is 5.97. The van der Waals surface area contributed by atoms with Crippen molar-refractivity contribution in [3.8, 4) is 0 Å². The number of halogens is 1. The minimum absolute atomic E-state index is 0.0202. The van der Waals surface area contributed by atoms with E-state index in [0.717, 1.165) is 6.07 Å². The van der Waals surface area contributed by atoms with Crippen molar-refractivity contribution >= 4 is 17.8 Å². The first kappa shape index (κ1) is 14.6. The fourth-order valence-electron chi connectivity index (χ4n) is 1.51. The maximum atomic E-state index is 13.1. The molecule has 0 saturated carbocycles. The van der Waals surface area contributed by atoms with Gasteiger partial charge in [-0.1, -0.05) is 0 Å². The Morgan fingerprint density at radius 1 is 1.37 bits per heavy atom. The zero-order chi connectivity index (χ0) is 14.6. The molecule has 0 aromatic heterocycles. The molecule has 0 fully saturated rings. The molecule has 1 aromatic carbocycles. The van der Waals surface area contributed by atoms with Crippen molar-refractivity contribution in [2.75, 3.05) is 0 Å². The summed E-state index contributed by atoms with van der Waals surface area (Å²) >= 11 is 0. The Labute approximate surface area is 108 Å². The van der Waals surface area contributed by atoms with E-state index >= 15 is 0 Å². The van der Waals surface area contributed by atoms with Crippen LogP contribution >= 0.6 is 0 Å². The molecule has 0 aliphatic carbocycles. The van der Waals surface area contributed by atoms with Crippen LogP contribution < -0.4 is 11.1 Å². The largest absolute Gasteiger partial charge is 0.480 e. The van der Waals surface area contributed by atoms with E-state index in [4.69, 9.17) is 10.8 Å². The molecule has 0 aliphatic heterocycles. The number of hydrogen-bond acceptors (Lipinski definition) is 3. The van der Waals surface area contributed by atoms with Gasteiger partial charge in [-0.3, -0.25) is 9.59 Å². The summed E-state index contributed by atoms with van der Waals surface area (Å²) in [6.45, 7) is 1.60. The van der Waals surface area contributed by atoms with Crippen LogP contribution in [0.15, 0.2) is 18.2 Å². The van der Waals surface area contributed by atoms with E-state index < -0.39 is 36.1 Å². The standard InChI is InChI=1S/C12H13FN2O4/c1-6-2-7(4-8(13)3-6)11(17)15-9(12(18)19)5-10(14)16/h2-4,9H,5H2,1H3,(H2,14,16)(H,15,17)(H,18,19). The number of aliphatic carboxylic acids is 1. The highest BCUT2D eigenvalue weighted by Gasteiger charge is 2.22. The molecular weight excluding hydrogens is 255 g/mol. The van der Waals surface area contributed by atoms with Crippen LogP contribution in [0.3, 0.4) is 0 Å². The van der Waals surface area contributed by atoms with Gasteiger partial charge in [-0.25, -0.2) is 9.18 Å². The zero-order valence-electron chi connectivity index (χ0n) is 10.1. The second-order valence-electron chi connectivity index (χ2n) is 4.05. The Kier molecular flexibility index (Phi) is 4.57. The maximum absolute atomic E-state index is 13.1. The van der Waals surface area contributed by atoms with E-state index in [2.05, 4.69) is 5.32 Å². The van der Waals surface area contributed by atoms with Crippen molar-refractivity contribution in [1.82, 2.24) is 5.32 Å². The molecule has 6 nitrogen and oxygen atoms in total. The van der Waals surface area contributed by atoms with Crippen molar-refractivity contribution in [3.63, 3.8) is 0 Å². The monoisotopic (exact) mass is 268 g/mol. The maximum Gasteiger partial charge on any atom is 0.326 e. The molecule has 102 valence electrons. The van der Waals surface area contributed by atoms with Gasteiger partial charge in [0.1, 0.15) is 11.9 Å². The number of carbonyl (C=O) groups excluding carboxylic acids is 2. The number of rotatable bonds is 5. The van der Waals surface area contributed by atoms with Crippen LogP contribution in [-0.4, -0.2) is 28.9 Å². The Balaban J connectivity index is 2.87. The molecular formula is C12H13FN2O4. The lowest BCUT2D eigenvalue weighted by molar-refractivity contribution is -0.140. The van der Waals surface area contributed by atoms with Gasteiger partial charge in [0, 0.05) is 5.56 Å². The normalized spacial score (nSPS) is 11.7. The molecule has 1 aromatic rings. The predicted octanol–water partition coefficient (Wildman–Crippen LogP) is 0.193. The van der Waals surface area contributed by atoms with Crippen LogP contribution in [0, 0.1) is 12.7 Å². The lowest BCUT2D eigenvalue weighted by Gasteiger charge is -2.13. The number of hydrogen-bond donors (Lipinski definition) is 3. The summed E-state index contributed by atoms with van der Waals surface area (Å²) < 4.78 is 13.1. The third-order valence-corrected chi connectivity index (χ3v) is 2.31. The number of nitrogens with one attached hydrogen (secondary N) is 1. The average molecular weight is 268 g/mol. The van der Waals surface area contributed by atoms with Crippen molar-refractivity contribution < 1.29 is 23.9 Å². The Bertz CT molecular complexity index is 510. The lowest BCUT2D eigenvalue weighted by atomic mass is 10.1. The van der Waals surface area contributed by atoms with Gasteiger partial charge in [0.2, 0.25) is 5.91 Å². The van der Waals surface area contributed by atoms with Crippen molar-refractivity contribution in [2.24, 2.45) is 5.73 Å².